The summed E-state index contributed by atoms with van der Waals surface area (Å²) in [6.45, 7) is 3.31. The summed E-state index contributed by atoms with van der Waals surface area (Å²) in [5.74, 6) is -1.02. The highest BCUT2D eigenvalue weighted by atomic mass is 19.4. The van der Waals surface area contributed by atoms with Crippen LogP contribution in [0.2, 0.25) is 0 Å². The van der Waals surface area contributed by atoms with E-state index in [0.717, 1.165) is 6.07 Å². The Morgan fingerprint density at radius 3 is 2.55 bits per heavy atom. The molecule has 0 saturated heterocycles. The van der Waals surface area contributed by atoms with Crippen molar-refractivity contribution in [3.05, 3.63) is 17.3 Å². The van der Waals surface area contributed by atoms with Gasteiger partial charge >= 0.3 is 12.3 Å². The Hall–Kier alpha value is -1.99. The topological polar surface area (TPSA) is 57.7 Å². The molecule has 5 nitrogen and oxygen atoms in total. The van der Waals surface area contributed by atoms with Crippen LogP contribution in [0.5, 0.6) is 11.6 Å². The SMILES string of the molecule is CCOC(=O)Cc1nc(OC(F)(F)F)cc(C)c1OC. The van der Waals surface area contributed by atoms with E-state index in [0.29, 0.717) is 5.56 Å². The minimum absolute atomic E-state index is 0.0326. The van der Waals surface area contributed by atoms with Crippen LogP contribution in [0.3, 0.4) is 0 Å². The molecule has 0 atom stereocenters. The number of nitrogens with zero attached hydrogens (tertiary/aromatic N) is 1. The van der Waals surface area contributed by atoms with Gasteiger partial charge in [-0.15, -0.1) is 13.2 Å². The summed E-state index contributed by atoms with van der Waals surface area (Å²) < 4.78 is 50.1. The maximum Gasteiger partial charge on any atom is 0.574 e. The van der Waals surface area contributed by atoms with Gasteiger partial charge in [-0.2, -0.15) is 0 Å². The van der Waals surface area contributed by atoms with Crippen LogP contribution in [0, 0.1) is 6.92 Å². The van der Waals surface area contributed by atoms with E-state index in [9.17, 15) is 18.0 Å². The van der Waals surface area contributed by atoms with Crippen LogP contribution >= 0.6 is 0 Å². The number of aryl methyl sites for hydroxylation is 1. The second-order valence-corrected chi connectivity index (χ2v) is 3.79. The Morgan fingerprint density at radius 2 is 2.05 bits per heavy atom. The van der Waals surface area contributed by atoms with E-state index in [1.54, 1.807) is 6.92 Å². The third-order valence-electron chi connectivity index (χ3n) is 2.25. The molecule has 0 unspecified atom stereocenters. The summed E-state index contributed by atoms with van der Waals surface area (Å²) in [7, 11) is 1.34. The van der Waals surface area contributed by atoms with Crippen LogP contribution in [0.15, 0.2) is 6.07 Å². The molecule has 20 heavy (non-hydrogen) atoms. The average molecular weight is 293 g/mol. The van der Waals surface area contributed by atoms with Gasteiger partial charge in [0.25, 0.3) is 0 Å². The van der Waals surface area contributed by atoms with Crippen molar-refractivity contribution < 1.29 is 32.2 Å². The molecule has 0 aromatic carbocycles. The van der Waals surface area contributed by atoms with E-state index < -0.39 is 18.2 Å². The number of carbonyl (C=O) groups excluding carboxylic acids is 1. The molecule has 0 spiro atoms. The van der Waals surface area contributed by atoms with Gasteiger partial charge in [-0.05, 0) is 19.4 Å². The lowest BCUT2D eigenvalue weighted by atomic mass is 10.2. The number of esters is 1. The first-order valence-corrected chi connectivity index (χ1v) is 5.72. The maximum absolute atomic E-state index is 12.2. The second-order valence-electron chi connectivity index (χ2n) is 3.79. The van der Waals surface area contributed by atoms with Crippen molar-refractivity contribution in [2.24, 2.45) is 0 Å². The third-order valence-corrected chi connectivity index (χ3v) is 2.25. The number of rotatable bonds is 5. The quantitative estimate of drug-likeness (QED) is 0.780. The number of pyridine rings is 1. The normalized spacial score (nSPS) is 11.1. The number of alkyl halides is 3. The van der Waals surface area contributed by atoms with Gasteiger partial charge < -0.3 is 14.2 Å². The Morgan fingerprint density at radius 1 is 1.40 bits per heavy atom. The fraction of sp³-hybridized carbons (Fsp3) is 0.500. The molecular weight excluding hydrogens is 279 g/mol. The summed E-state index contributed by atoms with van der Waals surface area (Å²) in [5, 5.41) is 0. The van der Waals surface area contributed by atoms with Crippen molar-refractivity contribution >= 4 is 5.97 Å². The van der Waals surface area contributed by atoms with Crippen LogP contribution in [0.25, 0.3) is 0 Å². The van der Waals surface area contributed by atoms with Crippen molar-refractivity contribution in [3.63, 3.8) is 0 Å². The maximum atomic E-state index is 12.2. The molecule has 1 rings (SSSR count). The van der Waals surface area contributed by atoms with Crippen molar-refractivity contribution in [2.75, 3.05) is 13.7 Å². The standard InChI is InChI=1S/C12H14F3NO4/c1-4-19-10(17)6-8-11(18-3)7(2)5-9(16-8)20-12(13,14)15/h5H,4,6H2,1-3H3. The molecule has 0 saturated carbocycles. The second kappa shape index (κ2) is 6.44. The van der Waals surface area contributed by atoms with Crippen LogP contribution < -0.4 is 9.47 Å². The monoisotopic (exact) mass is 293 g/mol. The predicted molar refractivity (Wildman–Crippen MR) is 62.5 cm³/mol. The van der Waals surface area contributed by atoms with Crippen LogP contribution in [-0.4, -0.2) is 31.0 Å². The number of hydrogen-bond acceptors (Lipinski definition) is 5. The van der Waals surface area contributed by atoms with Crippen LogP contribution in [0.4, 0.5) is 13.2 Å². The van der Waals surface area contributed by atoms with E-state index in [-0.39, 0.29) is 24.5 Å². The Balaban J connectivity index is 3.09. The summed E-state index contributed by atoms with van der Waals surface area (Å²) in [5.41, 5.74) is 0.409. The van der Waals surface area contributed by atoms with Gasteiger partial charge in [-0.1, -0.05) is 0 Å². The minimum Gasteiger partial charge on any atom is -0.495 e. The Labute approximate surface area is 113 Å². The van der Waals surface area contributed by atoms with Gasteiger partial charge in [0.05, 0.1) is 25.8 Å². The molecule has 8 heteroatoms. The Kier molecular flexibility index (Phi) is 5.18. The fourth-order valence-electron chi connectivity index (χ4n) is 1.61. The number of hydrogen-bond donors (Lipinski definition) is 0. The van der Waals surface area contributed by atoms with E-state index in [4.69, 9.17) is 9.47 Å². The largest absolute Gasteiger partial charge is 0.574 e. The number of ether oxygens (including phenoxy) is 3. The molecular formula is C12H14F3NO4. The highest BCUT2D eigenvalue weighted by molar-refractivity contribution is 5.73. The van der Waals surface area contributed by atoms with Crippen molar-refractivity contribution in [1.82, 2.24) is 4.98 Å². The lowest BCUT2D eigenvalue weighted by molar-refractivity contribution is -0.276. The lowest BCUT2D eigenvalue weighted by Gasteiger charge is -2.14. The van der Waals surface area contributed by atoms with Gasteiger partial charge in [0, 0.05) is 6.07 Å². The summed E-state index contributed by atoms with van der Waals surface area (Å²) in [6, 6.07) is 1.08. The molecule has 0 amide bonds. The molecule has 0 aliphatic carbocycles. The van der Waals surface area contributed by atoms with Gasteiger partial charge in [0.1, 0.15) is 5.75 Å². The zero-order chi connectivity index (χ0) is 15.3. The lowest BCUT2D eigenvalue weighted by Crippen LogP contribution is -2.19. The van der Waals surface area contributed by atoms with Crippen LogP contribution in [0.1, 0.15) is 18.2 Å². The highest BCUT2D eigenvalue weighted by Crippen LogP contribution is 2.29. The molecule has 1 aromatic rings. The number of methoxy groups -OCH3 is 1. The van der Waals surface area contributed by atoms with Crippen molar-refractivity contribution in [2.45, 2.75) is 26.6 Å². The van der Waals surface area contributed by atoms with Gasteiger partial charge in [-0.25, -0.2) is 4.98 Å². The zero-order valence-corrected chi connectivity index (χ0v) is 11.2. The molecule has 0 aliphatic rings. The first-order valence-electron chi connectivity index (χ1n) is 5.72. The first kappa shape index (κ1) is 16.1. The third kappa shape index (κ3) is 4.60. The highest BCUT2D eigenvalue weighted by Gasteiger charge is 2.32. The van der Waals surface area contributed by atoms with Gasteiger partial charge in [0.15, 0.2) is 0 Å². The average Bonchev–Trinajstić information content (AvgIpc) is 2.26. The first-order chi connectivity index (χ1) is 9.26. The molecule has 112 valence electrons. The zero-order valence-electron chi connectivity index (χ0n) is 11.2. The molecule has 0 aliphatic heterocycles. The molecule has 1 heterocycles. The van der Waals surface area contributed by atoms with E-state index in [1.165, 1.54) is 14.0 Å². The summed E-state index contributed by atoms with van der Waals surface area (Å²) in [4.78, 5) is 15.1. The van der Waals surface area contributed by atoms with Gasteiger partial charge in [0.2, 0.25) is 5.88 Å². The van der Waals surface area contributed by atoms with E-state index in [1.807, 2.05) is 0 Å². The molecule has 0 bridgehead atoms. The van der Waals surface area contributed by atoms with Crippen molar-refractivity contribution in [1.29, 1.82) is 0 Å². The molecule has 0 fully saturated rings. The smallest absolute Gasteiger partial charge is 0.495 e. The summed E-state index contributed by atoms with van der Waals surface area (Å²) >= 11 is 0. The summed E-state index contributed by atoms with van der Waals surface area (Å²) in [6.07, 6.45) is -5.15. The molecule has 0 N–H and O–H groups in total. The predicted octanol–water partition coefficient (Wildman–Crippen LogP) is 2.40. The molecule has 0 radical (unpaired) electrons. The van der Waals surface area contributed by atoms with E-state index >= 15 is 0 Å². The van der Waals surface area contributed by atoms with E-state index in [2.05, 4.69) is 9.72 Å². The van der Waals surface area contributed by atoms with Crippen molar-refractivity contribution in [3.8, 4) is 11.6 Å². The number of halogens is 3. The number of aromatic nitrogens is 1. The van der Waals surface area contributed by atoms with Crippen LogP contribution in [-0.2, 0) is 16.0 Å². The molecule has 1 aromatic heterocycles. The minimum atomic E-state index is -4.85. The number of carbonyl (C=O) groups is 1. The Bertz CT molecular complexity index is 488. The van der Waals surface area contributed by atoms with Gasteiger partial charge in [-0.3, -0.25) is 4.79 Å². The fourth-order valence-corrected chi connectivity index (χ4v) is 1.61.